The molecule has 0 radical (unpaired) electrons. The minimum Gasteiger partial charge on any atom is -0.444 e. The zero-order valence-corrected chi connectivity index (χ0v) is 83.0. The van der Waals surface area contributed by atoms with Crippen LogP contribution in [0.15, 0.2) is 175 Å². The Kier molecular flexibility index (Phi) is 36.0. The molecule has 27 rings (SSSR count). The van der Waals surface area contributed by atoms with E-state index in [0.29, 0.717) is 33.4 Å². The molecular weight excluding hydrogens is 2040 g/mol. The molecule has 14 bridgehead atoms. The summed E-state index contributed by atoms with van der Waals surface area (Å²) in [4.78, 5) is 10.6. The van der Waals surface area contributed by atoms with Gasteiger partial charge in [-0.05, 0) is 135 Å². The predicted molar refractivity (Wildman–Crippen MR) is 479 cm³/mol. The van der Waals surface area contributed by atoms with Gasteiger partial charge in [0.2, 0.25) is 0 Å². The van der Waals surface area contributed by atoms with Crippen molar-refractivity contribution in [1.29, 1.82) is 0 Å². The Morgan fingerprint density at radius 2 is 0.375 bits per heavy atom. The number of aliphatic hydroxyl groups is 14. The van der Waals surface area contributed by atoms with Crippen molar-refractivity contribution < 1.29 is 223 Å². The van der Waals surface area contributed by atoms with Crippen LogP contribution in [0.5, 0.6) is 0 Å². The Hall–Kier alpha value is -7.07. The second kappa shape index (κ2) is 46.0. The Morgan fingerprint density at radius 3 is 0.521 bits per heavy atom. The van der Waals surface area contributed by atoms with Crippen LogP contribution >= 0.6 is 0 Å². The molecule has 800 valence electrons. The molecule has 21 saturated heterocycles. The minimum atomic E-state index is -5.02. The van der Waals surface area contributed by atoms with Crippen molar-refractivity contribution in [2.24, 2.45) is 0 Å². The van der Waals surface area contributed by atoms with Gasteiger partial charge in [-0.1, -0.05) is 106 Å². The van der Waals surface area contributed by atoms with Crippen molar-refractivity contribution in [3.63, 3.8) is 0 Å². The van der Waals surface area contributed by atoms with Gasteiger partial charge < -0.3 is 148 Å². The quantitative estimate of drug-likeness (QED) is 0.0236. The molecule has 35 atom stereocenters. The molecule has 0 unspecified atom stereocenters. The van der Waals surface area contributed by atoms with Crippen LogP contribution in [-0.4, -0.2) is 395 Å². The summed E-state index contributed by atoms with van der Waals surface area (Å²) in [6.45, 7) is 4.87. The van der Waals surface area contributed by atoms with Gasteiger partial charge in [0.15, 0.2) is 44.0 Å². The molecule has 0 saturated carbocycles. The smallest absolute Gasteiger partial charge is 0.407 e. The van der Waals surface area contributed by atoms with Crippen LogP contribution in [0.3, 0.4) is 0 Å². The summed E-state index contributed by atoms with van der Waals surface area (Å²) in [6, 6.07) is 29.9. The fourth-order valence-electron chi connectivity index (χ4n) is 16.4. The second-order valence-corrected chi connectivity index (χ2v) is 46.3. The molecule has 6 aromatic rings. The number of aryl methyl sites for hydroxylation is 6. The normalized spacial score (nSPS) is 35.7. The number of hydrogen-bond acceptors (Lipinski definition) is 48. The number of carbonyl (C=O) groups excluding carboxylic acids is 1. The van der Waals surface area contributed by atoms with Gasteiger partial charge in [0, 0.05) is 6.54 Å². The third kappa shape index (κ3) is 26.4. The standard InChI is InChI=1S/C89H115NO48S6/c1-41-10-22-47(23-11-41)139(106,107)118-35-54-75-62(93)69(100)83(126-54)134-77-56(37-120-141(110,111)49-26-14-43(3)15-27-49)128-85(71(102)64(77)95)136-79-58(39-122-143(114,115)51-30-18-45(5)19-31-51)130-87(73(104)66(79)97)137-80-59(40-123-144(116,117)52-32-20-46(6)21-33-52)129-86(72(103)65(80)96)135-78-57(38-121-142(112,113)50-28-16-44(4)17-29-50)127-84(70(101)63(78)94)133-76-55(36-119-140(108,109)48-24-12-42(2)13-25-48)125-82(68(99)61(76)92)131-74-53(34-90-88(105)138-89(7,8)9)124-81(132-75)67(98)60(74)91/h10-33,53-87,91-104H,34-40H2,1-9H3,(H,90,105)/t53-,54-,55-,56-,57-,58-,59-,60-,61-,62-,63-,64+,65-,66-,67-,68-,69-,70-,71-,72-,73-,74-,75-,76-,77-,78-,79-,80-,81-,82-,83-,84-,85-,86-,87-/m1/s1. The van der Waals surface area contributed by atoms with Gasteiger partial charge in [0.25, 0.3) is 60.7 Å². The number of aliphatic hydroxyl groups excluding tert-OH is 14. The molecule has 0 spiro atoms. The predicted octanol–water partition coefficient (Wildman–Crippen LogP) is -3.37. The Morgan fingerprint density at radius 1 is 0.236 bits per heavy atom. The van der Waals surface area contributed by atoms with E-state index >= 15 is 0 Å². The average Bonchev–Trinajstić information content (AvgIpc) is 0.786. The molecule has 1 amide bonds. The van der Waals surface area contributed by atoms with Gasteiger partial charge in [0.1, 0.15) is 177 Å². The molecule has 15 N–H and O–H groups in total. The van der Waals surface area contributed by atoms with E-state index in [9.17, 15) is 127 Å². The third-order valence-electron chi connectivity index (χ3n) is 24.6. The van der Waals surface area contributed by atoms with Gasteiger partial charge in [-0.3, -0.25) is 25.1 Å². The summed E-state index contributed by atoms with van der Waals surface area (Å²) in [5, 5.41) is 178. The lowest BCUT2D eigenvalue weighted by atomic mass is 9.95. The van der Waals surface area contributed by atoms with Crippen molar-refractivity contribution >= 4 is 66.8 Å². The summed E-state index contributed by atoms with van der Waals surface area (Å²) in [7, 11) is -30.1. The lowest BCUT2D eigenvalue weighted by Crippen LogP contribution is -2.68. The zero-order chi connectivity index (χ0) is 105. The fourth-order valence-corrected chi connectivity index (χ4v) is 21.9. The number of nitrogens with one attached hydrogen (secondary N) is 1. The SMILES string of the molecule is Cc1ccc(S(=O)(=O)OC[C@H]2O[C@@H]3O[C@H]4[C@H](O)[C@@H](O)[C@@H](O[C@H]5[C@H](O)[C@@H](O)[C@@H](O[C@H]6[C@@H](O)[C@@H](O)[C@@H](O[C@H]7[C@H](O)[C@@H](O)[C@@H](O[C@H]8[C@H](O)[C@@H](O)[C@@H](O[C@H]9[C@H](O)[C@@H](O)[C@@H](O[C@H]2[C@H](O)[C@H]3O)O[C@@H]9COS(=O)(=O)c2ccc(C)cc2)O[C@@H]8COS(=O)(=O)c2ccc(C)cc2)O[C@@H]7COS(=O)(=O)c2ccc(C)cc2)O[C@@H]6COS(=O)(=O)c2ccc(C)cc2)O[C@@H]5COS(=O)(=O)c2ccc(C)cc2)O[C@@H]4CNC(=O)OC(C)(C)C)cc1. The van der Waals surface area contributed by atoms with Gasteiger partial charge in [-0.15, -0.1) is 0 Å². The number of amides is 1. The van der Waals surface area contributed by atoms with Crippen molar-refractivity contribution in [2.45, 2.75) is 312 Å². The first kappa shape index (κ1) is 113. The highest BCUT2D eigenvalue weighted by Gasteiger charge is 2.61. The maximum Gasteiger partial charge on any atom is 0.407 e. The molecule has 0 aromatic heterocycles. The lowest BCUT2D eigenvalue weighted by Gasteiger charge is -2.50. The summed E-state index contributed by atoms with van der Waals surface area (Å²) in [5.41, 5.74) is 2.07. The van der Waals surface area contributed by atoms with Gasteiger partial charge >= 0.3 is 6.09 Å². The molecular formula is C89H115NO48S6. The van der Waals surface area contributed by atoms with Crippen molar-refractivity contribution in [3.8, 4) is 0 Å². The van der Waals surface area contributed by atoms with E-state index < -0.39 is 363 Å². The van der Waals surface area contributed by atoms with Crippen molar-refractivity contribution in [1.82, 2.24) is 5.32 Å². The van der Waals surface area contributed by atoms with Crippen LogP contribution in [-0.2, 0) is 157 Å². The largest absolute Gasteiger partial charge is 0.444 e. The molecule has 55 heteroatoms. The maximum atomic E-state index is 14.2. The molecule has 21 heterocycles. The topological polar surface area (TPSA) is 711 Å². The molecule has 144 heavy (non-hydrogen) atoms. The van der Waals surface area contributed by atoms with Crippen LogP contribution in [0.1, 0.15) is 54.2 Å². The van der Waals surface area contributed by atoms with Crippen LogP contribution < -0.4 is 5.32 Å². The van der Waals surface area contributed by atoms with E-state index in [2.05, 4.69) is 5.32 Å². The van der Waals surface area contributed by atoms with E-state index in [1.54, 1.807) is 41.5 Å². The Bertz CT molecular complexity index is 5770. The Balaban J connectivity index is 0.890. The van der Waals surface area contributed by atoms with Crippen LogP contribution in [0.4, 0.5) is 4.79 Å². The summed E-state index contributed by atoms with van der Waals surface area (Å²) in [6.07, 6.45) is -88.7. The van der Waals surface area contributed by atoms with Crippen molar-refractivity contribution in [3.05, 3.63) is 179 Å². The van der Waals surface area contributed by atoms with E-state index in [1.165, 1.54) is 93.6 Å². The summed E-state index contributed by atoms with van der Waals surface area (Å²) in [5.74, 6) is 0. The first-order valence-corrected chi connectivity index (χ1v) is 53.5. The van der Waals surface area contributed by atoms with Gasteiger partial charge in [0.05, 0.1) is 69.0 Å². The highest BCUT2D eigenvalue weighted by atomic mass is 32.2. The van der Waals surface area contributed by atoms with Crippen LogP contribution in [0, 0.1) is 41.5 Å². The zero-order valence-electron chi connectivity index (χ0n) is 78.1. The van der Waals surface area contributed by atoms with Gasteiger partial charge in [-0.2, -0.15) is 50.5 Å². The minimum absolute atomic E-state index is 0.503. The fraction of sp³-hybridized carbons (Fsp3) is 0.584. The average molecular weight is 2160 g/mol. The molecule has 21 aliphatic heterocycles. The maximum absolute atomic E-state index is 14.2. The van der Waals surface area contributed by atoms with E-state index in [0.717, 1.165) is 72.8 Å². The number of ether oxygens (including phenoxy) is 15. The van der Waals surface area contributed by atoms with Crippen LogP contribution in [0.2, 0.25) is 0 Å². The lowest BCUT2D eigenvalue weighted by molar-refractivity contribution is -0.395. The Labute approximate surface area is 827 Å². The molecule has 49 nitrogen and oxygen atoms in total. The number of carbonyl (C=O) groups is 1. The molecule has 21 fully saturated rings. The molecule has 6 aromatic carbocycles. The van der Waals surface area contributed by atoms with Crippen molar-refractivity contribution in [2.75, 3.05) is 46.2 Å². The van der Waals surface area contributed by atoms with E-state index in [-0.39, 0.29) is 0 Å². The number of benzene rings is 6. The summed E-state index contributed by atoms with van der Waals surface area (Å²) >= 11 is 0. The second-order valence-electron chi connectivity index (χ2n) is 36.6. The molecule has 21 aliphatic rings. The summed E-state index contributed by atoms with van der Waals surface area (Å²) < 4.78 is 296. The number of alkyl carbamates (subject to hydrolysis) is 1. The van der Waals surface area contributed by atoms with E-state index in [1.807, 2.05) is 0 Å². The number of hydrogen-bond donors (Lipinski definition) is 15. The highest BCUT2D eigenvalue weighted by molar-refractivity contribution is 7.88. The van der Waals surface area contributed by atoms with Gasteiger partial charge in [-0.25, -0.2) is 4.79 Å². The number of rotatable bonds is 26. The van der Waals surface area contributed by atoms with Crippen LogP contribution in [0.25, 0.3) is 0 Å². The monoisotopic (exact) mass is 2160 g/mol. The highest BCUT2D eigenvalue weighted by Crippen LogP contribution is 2.42. The first-order chi connectivity index (χ1) is 67.6. The molecule has 0 aliphatic carbocycles. The first-order valence-electron chi connectivity index (χ1n) is 45.0. The third-order valence-corrected chi connectivity index (χ3v) is 32.3. The van der Waals surface area contributed by atoms with E-state index in [4.69, 9.17) is 96.2 Å².